The largest absolute Gasteiger partial charge is 0.317 e. The van der Waals surface area contributed by atoms with Crippen LogP contribution in [0.5, 0.6) is 0 Å². The fourth-order valence-corrected chi connectivity index (χ4v) is 2.47. The van der Waals surface area contributed by atoms with Crippen molar-refractivity contribution in [3.63, 3.8) is 0 Å². The molecule has 1 heterocycles. The number of benzene rings is 2. The van der Waals surface area contributed by atoms with E-state index in [0.717, 1.165) is 11.4 Å². The third kappa shape index (κ3) is 3.18. The maximum atomic E-state index is 13.9. The van der Waals surface area contributed by atoms with Gasteiger partial charge in [-0.3, -0.25) is 0 Å². The second kappa shape index (κ2) is 6.51. The van der Waals surface area contributed by atoms with Gasteiger partial charge < -0.3 is 4.57 Å². The Morgan fingerprint density at radius 2 is 1.78 bits per heavy atom. The van der Waals surface area contributed by atoms with Gasteiger partial charge in [0.2, 0.25) is 0 Å². The quantitative estimate of drug-likeness (QED) is 0.599. The van der Waals surface area contributed by atoms with Gasteiger partial charge in [-0.2, -0.15) is 5.26 Å². The summed E-state index contributed by atoms with van der Waals surface area (Å²) in [7, 11) is 0. The van der Waals surface area contributed by atoms with Crippen LogP contribution in [0.1, 0.15) is 11.3 Å². The summed E-state index contributed by atoms with van der Waals surface area (Å²) in [6, 6.07) is 19.4. The highest BCUT2D eigenvalue weighted by atomic mass is 35.5. The van der Waals surface area contributed by atoms with Crippen LogP contribution in [-0.2, 0) is 0 Å². The molecule has 0 fully saturated rings. The highest BCUT2D eigenvalue weighted by Gasteiger charge is 2.09. The van der Waals surface area contributed by atoms with E-state index in [2.05, 4.69) is 6.07 Å². The molecule has 0 unspecified atom stereocenters. The molecule has 23 heavy (non-hydrogen) atoms. The second-order valence-corrected chi connectivity index (χ2v) is 5.37. The molecule has 112 valence electrons. The van der Waals surface area contributed by atoms with Crippen molar-refractivity contribution in [3.8, 4) is 11.8 Å². The van der Waals surface area contributed by atoms with Crippen molar-refractivity contribution >= 4 is 23.3 Å². The van der Waals surface area contributed by atoms with Crippen LogP contribution in [0.3, 0.4) is 0 Å². The zero-order valence-corrected chi connectivity index (χ0v) is 12.8. The van der Waals surface area contributed by atoms with Crippen molar-refractivity contribution in [2.45, 2.75) is 0 Å². The Balaban J connectivity index is 2.06. The fourth-order valence-electron chi connectivity index (χ4n) is 2.35. The molecular formula is C19H12ClFN2. The van der Waals surface area contributed by atoms with Gasteiger partial charge in [-0.25, -0.2) is 4.39 Å². The molecule has 0 atom stereocenters. The minimum atomic E-state index is -0.412. The van der Waals surface area contributed by atoms with Crippen molar-refractivity contribution in [1.82, 2.24) is 4.57 Å². The minimum Gasteiger partial charge on any atom is -0.317 e. The first-order chi connectivity index (χ1) is 11.2. The van der Waals surface area contributed by atoms with Gasteiger partial charge in [0.05, 0.1) is 11.6 Å². The van der Waals surface area contributed by atoms with Crippen molar-refractivity contribution in [1.29, 1.82) is 5.26 Å². The zero-order chi connectivity index (χ0) is 16.2. The smallest absolute Gasteiger partial charge is 0.131 e. The van der Waals surface area contributed by atoms with Crippen molar-refractivity contribution in [3.05, 3.63) is 89.0 Å². The highest BCUT2D eigenvalue weighted by molar-refractivity contribution is 6.30. The van der Waals surface area contributed by atoms with Gasteiger partial charge in [0.1, 0.15) is 5.82 Å². The van der Waals surface area contributed by atoms with Crippen LogP contribution in [0, 0.1) is 17.1 Å². The number of rotatable bonds is 3. The first-order valence-electron chi connectivity index (χ1n) is 6.99. The molecule has 0 radical (unpaired) electrons. The van der Waals surface area contributed by atoms with Crippen LogP contribution in [0.15, 0.2) is 66.9 Å². The first-order valence-corrected chi connectivity index (χ1v) is 7.37. The van der Waals surface area contributed by atoms with Crippen LogP contribution < -0.4 is 0 Å². The average molecular weight is 323 g/mol. The molecule has 0 bridgehead atoms. The Bertz CT molecular complexity index is 902. The van der Waals surface area contributed by atoms with E-state index < -0.39 is 5.82 Å². The fraction of sp³-hybridized carbons (Fsp3) is 0. The highest BCUT2D eigenvalue weighted by Crippen LogP contribution is 2.23. The molecule has 0 aliphatic carbocycles. The lowest BCUT2D eigenvalue weighted by Crippen LogP contribution is -1.95. The Hall–Kier alpha value is -2.83. The SMILES string of the molecule is N#C/C(=C/c1cccn1-c1ccc(Cl)cc1)c1ccccc1F. The van der Waals surface area contributed by atoms with E-state index >= 15 is 0 Å². The molecule has 0 spiro atoms. The van der Waals surface area contributed by atoms with Crippen LogP contribution in [0.4, 0.5) is 4.39 Å². The van der Waals surface area contributed by atoms with Gasteiger partial charge in [-0.05, 0) is 48.5 Å². The lowest BCUT2D eigenvalue weighted by molar-refractivity contribution is 0.624. The van der Waals surface area contributed by atoms with Crippen molar-refractivity contribution in [2.75, 3.05) is 0 Å². The lowest BCUT2D eigenvalue weighted by atomic mass is 10.1. The summed E-state index contributed by atoms with van der Waals surface area (Å²) in [5.74, 6) is -0.412. The van der Waals surface area contributed by atoms with Crippen LogP contribution >= 0.6 is 11.6 Å². The van der Waals surface area contributed by atoms with E-state index in [1.807, 2.05) is 35.0 Å². The minimum absolute atomic E-state index is 0.275. The zero-order valence-electron chi connectivity index (χ0n) is 12.1. The van der Waals surface area contributed by atoms with Crippen molar-refractivity contribution < 1.29 is 4.39 Å². The van der Waals surface area contributed by atoms with Gasteiger partial charge in [-0.1, -0.05) is 29.8 Å². The average Bonchev–Trinajstić information content (AvgIpc) is 3.02. The summed E-state index contributed by atoms with van der Waals surface area (Å²) in [5.41, 5.74) is 2.26. The van der Waals surface area contributed by atoms with Gasteiger partial charge >= 0.3 is 0 Å². The molecule has 3 aromatic rings. The molecule has 2 aromatic carbocycles. The van der Waals surface area contributed by atoms with Crippen molar-refractivity contribution in [2.24, 2.45) is 0 Å². The van der Waals surface area contributed by atoms with Gasteiger partial charge in [0.25, 0.3) is 0 Å². The predicted octanol–water partition coefficient (Wildman–Crippen LogP) is 5.33. The number of hydrogen-bond acceptors (Lipinski definition) is 1. The number of halogens is 2. The number of aromatic nitrogens is 1. The summed E-state index contributed by atoms with van der Waals surface area (Å²) in [6.07, 6.45) is 3.55. The molecule has 0 saturated carbocycles. The van der Waals surface area contributed by atoms with E-state index in [1.54, 1.807) is 36.4 Å². The first kappa shape index (κ1) is 15.1. The van der Waals surface area contributed by atoms with Crippen LogP contribution in [-0.4, -0.2) is 4.57 Å². The third-order valence-corrected chi connectivity index (χ3v) is 3.71. The second-order valence-electron chi connectivity index (χ2n) is 4.93. The number of hydrogen-bond donors (Lipinski definition) is 0. The molecule has 0 aliphatic rings. The molecule has 3 rings (SSSR count). The Morgan fingerprint density at radius 1 is 1.04 bits per heavy atom. The molecule has 0 N–H and O–H groups in total. The van der Waals surface area contributed by atoms with E-state index in [0.29, 0.717) is 10.6 Å². The molecule has 1 aromatic heterocycles. The summed E-state index contributed by atoms with van der Waals surface area (Å²) >= 11 is 5.91. The maximum Gasteiger partial charge on any atom is 0.131 e. The number of nitrogens with zero attached hydrogens (tertiary/aromatic N) is 2. The van der Waals surface area contributed by atoms with Crippen LogP contribution in [0.2, 0.25) is 5.02 Å². The molecular weight excluding hydrogens is 311 g/mol. The molecule has 4 heteroatoms. The van der Waals surface area contributed by atoms with E-state index in [4.69, 9.17) is 11.6 Å². The normalized spacial score (nSPS) is 11.3. The Morgan fingerprint density at radius 3 is 2.48 bits per heavy atom. The lowest BCUT2D eigenvalue weighted by Gasteiger charge is -2.08. The topological polar surface area (TPSA) is 28.7 Å². The summed E-state index contributed by atoms with van der Waals surface area (Å²) in [6.45, 7) is 0. The monoisotopic (exact) mass is 322 g/mol. The van der Waals surface area contributed by atoms with E-state index in [9.17, 15) is 9.65 Å². The molecule has 0 saturated heterocycles. The molecule has 2 nitrogen and oxygen atoms in total. The van der Waals surface area contributed by atoms with Gasteiger partial charge in [0, 0.05) is 28.2 Å². The Kier molecular flexibility index (Phi) is 4.27. The predicted molar refractivity (Wildman–Crippen MR) is 90.7 cm³/mol. The number of allylic oxidation sites excluding steroid dienone is 1. The van der Waals surface area contributed by atoms with Crippen LogP contribution in [0.25, 0.3) is 17.3 Å². The Labute approximate surface area is 138 Å². The summed E-state index contributed by atoms with van der Waals surface area (Å²) < 4.78 is 15.8. The third-order valence-electron chi connectivity index (χ3n) is 3.46. The summed E-state index contributed by atoms with van der Waals surface area (Å²) in [5, 5.41) is 10.0. The van der Waals surface area contributed by atoms with E-state index in [-0.39, 0.29) is 5.57 Å². The summed E-state index contributed by atoms with van der Waals surface area (Å²) in [4.78, 5) is 0. The molecule has 0 amide bonds. The van der Waals surface area contributed by atoms with Gasteiger partial charge in [0.15, 0.2) is 0 Å². The maximum absolute atomic E-state index is 13.9. The molecule has 0 aliphatic heterocycles. The number of nitriles is 1. The standard InChI is InChI=1S/C19H12ClFN2/c20-15-7-9-16(10-8-15)23-11-3-4-17(23)12-14(13-22)18-5-1-2-6-19(18)21/h1-12H/b14-12-. The van der Waals surface area contributed by atoms with E-state index in [1.165, 1.54) is 6.07 Å². The van der Waals surface area contributed by atoms with Gasteiger partial charge in [-0.15, -0.1) is 0 Å².